The molecule has 0 aliphatic heterocycles. The van der Waals surface area contributed by atoms with Crippen LogP contribution in [0.3, 0.4) is 0 Å². The van der Waals surface area contributed by atoms with Gasteiger partial charge in [0.1, 0.15) is 23.4 Å². The summed E-state index contributed by atoms with van der Waals surface area (Å²) in [6.07, 6.45) is 1.12. The SMILES string of the molecule is CCOC(=O)C=Nc1ccc(OC)cc1OC. The van der Waals surface area contributed by atoms with E-state index in [1.807, 2.05) is 0 Å². The first-order chi connectivity index (χ1) is 8.21. The zero-order valence-corrected chi connectivity index (χ0v) is 10.1. The Bertz CT molecular complexity index is 415. The summed E-state index contributed by atoms with van der Waals surface area (Å²) in [6.45, 7) is 2.06. The molecular formula is C12H15NO4. The third-order valence-corrected chi connectivity index (χ3v) is 1.98. The number of carbonyl (C=O) groups excluding carboxylic acids is 1. The summed E-state index contributed by atoms with van der Waals surface area (Å²) >= 11 is 0. The quantitative estimate of drug-likeness (QED) is 0.580. The van der Waals surface area contributed by atoms with Crippen molar-refractivity contribution in [2.75, 3.05) is 20.8 Å². The molecule has 5 heteroatoms. The number of hydrogen-bond donors (Lipinski definition) is 0. The fourth-order valence-electron chi connectivity index (χ4n) is 1.19. The van der Waals surface area contributed by atoms with Crippen LogP contribution in [0, 0.1) is 0 Å². The van der Waals surface area contributed by atoms with Gasteiger partial charge in [-0.05, 0) is 19.1 Å². The van der Waals surface area contributed by atoms with Gasteiger partial charge >= 0.3 is 5.97 Å². The highest BCUT2D eigenvalue weighted by Gasteiger charge is 2.04. The lowest BCUT2D eigenvalue weighted by atomic mass is 10.3. The number of ether oxygens (including phenoxy) is 3. The van der Waals surface area contributed by atoms with Gasteiger partial charge in [0, 0.05) is 6.07 Å². The van der Waals surface area contributed by atoms with Crippen LogP contribution in [-0.2, 0) is 9.53 Å². The van der Waals surface area contributed by atoms with Crippen molar-refractivity contribution in [3.63, 3.8) is 0 Å². The minimum absolute atomic E-state index is 0.324. The minimum atomic E-state index is -0.481. The molecule has 0 N–H and O–H groups in total. The number of carbonyl (C=O) groups is 1. The van der Waals surface area contributed by atoms with Crippen LogP contribution in [0.15, 0.2) is 23.2 Å². The normalized spacial score (nSPS) is 10.3. The van der Waals surface area contributed by atoms with Crippen LogP contribution >= 0.6 is 0 Å². The summed E-state index contributed by atoms with van der Waals surface area (Å²) in [5.41, 5.74) is 0.543. The summed E-state index contributed by atoms with van der Waals surface area (Å²) in [7, 11) is 3.09. The topological polar surface area (TPSA) is 57.1 Å². The van der Waals surface area contributed by atoms with Gasteiger partial charge in [0.2, 0.25) is 0 Å². The summed E-state index contributed by atoms with van der Waals surface area (Å²) in [5, 5.41) is 0. The molecule has 1 aromatic rings. The Balaban J connectivity index is 2.87. The van der Waals surface area contributed by atoms with E-state index in [-0.39, 0.29) is 0 Å². The molecule has 5 nitrogen and oxygen atoms in total. The second kappa shape index (κ2) is 6.52. The fourth-order valence-corrected chi connectivity index (χ4v) is 1.19. The lowest BCUT2D eigenvalue weighted by Gasteiger charge is -2.06. The van der Waals surface area contributed by atoms with Crippen LogP contribution in [-0.4, -0.2) is 33.0 Å². The van der Waals surface area contributed by atoms with Crippen LogP contribution in [0.25, 0.3) is 0 Å². The molecule has 0 atom stereocenters. The Hall–Kier alpha value is -2.04. The molecule has 0 aliphatic rings. The smallest absolute Gasteiger partial charge is 0.349 e. The van der Waals surface area contributed by atoms with Crippen LogP contribution in [0.2, 0.25) is 0 Å². The summed E-state index contributed by atoms with van der Waals surface area (Å²) in [5.74, 6) is 0.715. The average Bonchev–Trinajstić information content (AvgIpc) is 2.36. The van der Waals surface area contributed by atoms with Crippen molar-refractivity contribution in [3.05, 3.63) is 18.2 Å². The number of nitrogens with zero attached hydrogens (tertiary/aromatic N) is 1. The molecule has 0 aliphatic carbocycles. The second-order valence-corrected chi connectivity index (χ2v) is 3.05. The van der Waals surface area contributed by atoms with Crippen molar-refractivity contribution >= 4 is 17.9 Å². The first-order valence-electron chi connectivity index (χ1n) is 5.14. The van der Waals surface area contributed by atoms with Crippen LogP contribution in [0.5, 0.6) is 11.5 Å². The third-order valence-electron chi connectivity index (χ3n) is 1.98. The van der Waals surface area contributed by atoms with Gasteiger partial charge in [0.25, 0.3) is 0 Å². The Kier molecular flexibility index (Phi) is 5.00. The highest BCUT2D eigenvalue weighted by atomic mass is 16.5. The number of hydrogen-bond acceptors (Lipinski definition) is 5. The standard InChI is InChI=1S/C12H15NO4/c1-4-17-12(14)8-13-10-6-5-9(15-2)7-11(10)16-3/h5-8H,4H2,1-3H3. The number of esters is 1. The van der Waals surface area contributed by atoms with Crippen LogP contribution in [0.1, 0.15) is 6.92 Å². The van der Waals surface area contributed by atoms with Crippen LogP contribution in [0.4, 0.5) is 5.69 Å². The molecule has 0 unspecified atom stereocenters. The van der Waals surface area contributed by atoms with E-state index < -0.39 is 5.97 Å². The van der Waals surface area contributed by atoms with E-state index in [4.69, 9.17) is 14.2 Å². The summed E-state index contributed by atoms with van der Waals surface area (Å²) in [4.78, 5) is 15.1. The van der Waals surface area contributed by atoms with E-state index in [0.717, 1.165) is 6.21 Å². The molecule has 0 amide bonds. The monoisotopic (exact) mass is 237 g/mol. The Morgan fingerprint density at radius 3 is 2.71 bits per heavy atom. The Morgan fingerprint density at radius 1 is 1.35 bits per heavy atom. The molecule has 0 saturated carbocycles. The first kappa shape index (κ1) is 13.0. The van der Waals surface area contributed by atoms with Crippen molar-refractivity contribution in [1.29, 1.82) is 0 Å². The molecule has 1 aromatic carbocycles. The third kappa shape index (κ3) is 3.79. The predicted octanol–water partition coefficient (Wildman–Crippen LogP) is 1.97. The van der Waals surface area contributed by atoms with Crippen molar-refractivity contribution in [2.45, 2.75) is 6.92 Å². The van der Waals surface area contributed by atoms with Gasteiger partial charge in [-0.15, -0.1) is 0 Å². The van der Waals surface area contributed by atoms with Crippen molar-refractivity contribution in [2.24, 2.45) is 4.99 Å². The Labute approximate surface area is 100 Å². The first-order valence-corrected chi connectivity index (χ1v) is 5.14. The number of benzene rings is 1. The van der Waals surface area contributed by atoms with Gasteiger partial charge in [0.05, 0.1) is 20.8 Å². The number of methoxy groups -OCH3 is 2. The zero-order valence-electron chi connectivity index (χ0n) is 10.1. The fraction of sp³-hybridized carbons (Fsp3) is 0.333. The van der Waals surface area contributed by atoms with Gasteiger partial charge in [0.15, 0.2) is 0 Å². The van der Waals surface area contributed by atoms with Gasteiger partial charge in [-0.25, -0.2) is 9.79 Å². The Morgan fingerprint density at radius 2 is 2.12 bits per heavy atom. The molecular weight excluding hydrogens is 222 g/mol. The van der Waals surface area contributed by atoms with Gasteiger partial charge < -0.3 is 14.2 Å². The van der Waals surface area contributed by atoms with Gasteiger partial charge in [-0.1, -0.05) is 0 Å². The van der Waals surface area contributed by atoms with Gasteiger partial charge in [-0.3, -0.25) is 0 Å². The van der Waals surface area contributed by atoms with E-state index >= 15 is 0 Å². The largest absolute Gasteiger partial charge is 0.497 e. The second-order valence-electron chi connectivity index (χ2n) is 3.05. The maximum absolute atomic E-state index is 11.1. The molecule has 92 valence electrons. The lowest BCUT2D eigenvalue weighted by molar-refractivity contribution is -0.134. The van der Waals surface area contributed by atoms with E-state index in [0.29, 0.717) is 23.8 Å². The molecule has 0 bridgehead atoms. The van der Waals surface area contributed by atoms with Gasteiger partial charge in [-0.2, -0.15) is 0 Å². The summed E-state index contributed by atoms with van der Waals surface area (Å²) in [6, 6.07) is 5.13. The van der Waals surface area contributed by atoms with E-state index in [1.54, 1.807) is 32.2 Å². The molecule has 0 radical (unpaired) electrons. The summed E-state index contributed by atoms with van der Waals surface area (Å²) < 4.78 is 14.9. The molecule has 1 rings (SSSR count). The maximum Gasteiger partial charge on any atom is 0.349 e. The average molecular weight is 237 g/mol. The lowest BCUT2D eigenvalue weighted by Crippen LogP contribution is -2.04. The molecule has 0 aromatic heterocycles. The highest BCUT2D eigenvalue weighted by molar-refractivity contribution is 6.23. The molecule has 0 fully saturated rings. The zero-order chi connectivity index (χ0) is 12.7. The van der Waals surface area contributed by atoms with Crippen molar-refractivity contribution in [1.82, 2.24) is 0 Å². The molecule has 0 heterocycles. The number of rotatable bonds is 5. The molecule has 17 heavy (non-hydrogen) atoms. The van der Waals surface area contributed by atoms with Crippen molar-refractivity contribution in [3.8, 4) is 11.5 Å². The molecule has 0 saturated heterocycles. The van der Waals surface area contributed by atoms with E-state index in [1.165, 1.54) is 7.11 Å². The van der Waals surface area contributed by atoms with Crippen molar-refractivity contribution < 1.29 is 19.0 Å². The van der Waals surface area contributed by atoms with E-state index in [2.05, 4.69) is 4.99 Å². The maximum atomic E-state index is 11.1. The van der Waals surface area contributed by atoms with Crippen LogP contribution < -0.4 is 9.47 Å². The van der Waals surface area contributed by atoms with E-state index in [9.17, 15) is 4.79 Å². The number of aliphatic imine (C=N–C) groups is 1. The molecule has 0 spiro atoms. The predicted molar refractivity (Wildman–Crippen MR) is 64.3 cm³/mol. The highest BCUT2D eigenvalue weighted by Crippen LogP contribution is 2.30. The minimum Gasteiger partial charge on any atom is -0.497 e.